The molecular weight excluding hydrogens is 240 g/mol. The molecule has 1 saturated carbocycles. The lowest BCUT2D eigenvalue weighted by Gasteiger charge is -2.25. The molecule has 2 N–H and O–H groups in total. The van der Waals surface area contributed by atoms with Gasteiger partial charge in [-0.15, -0.1) is 5.10 Å². The van der Waals surface area contributed by atoms with Gasteiger partial charge in [0.1, 0.15) is 11.7 Å². The molecule has 0 saturated heterocycles. The highest BCUT2D eigenvalue weighted by atomic mass is 16.6. The van der Waals surface area contributed by atoms with Crippen LogP contribution < -0.4 is 5.32 Å². The van der Waals surface area contributed by atoms with Gasteiger partial charge in [0.15, 0.2) is 0 Å². The van der Waals surface area contributed by atoms with Gasteiger partial charge in [-0.3, -0.25) is 14.8 Å². The minimum Gasteiger partial charge on any atom is -0.480 e. The van der Waals surface area contributed by atoms with Crippen LogP contribution in [-0.4, -0.2) is 31.3 Å². The zero-order valence-electron chi connectivity index (χ0n) is 10.1. The number of aryl methyl sites for hydroxylation is 1. The fourth-order valence-electron chi connectivity index (χ4n) is 1.94. The molecule has 0 amide bonds. The average molecular weight is 254 g/mol. The van der Waals surface area contributed by atoms with Crippen molar-refractivity contribution in [1.82, 2.24) is 9.78 Å². The lowest BCUT2D eigenvalue weighted by atomic mass is 9.96. The van der Waals surface area contributed by atoms with Crippen molar-refractivity contribution in [2.45, 2.75) is 25.3 Å². The van der Waals surface area contributed by atoms with Gasteiger partial charge in [0, 0.05) is 7.05 Å². The Bertz CT molecular complexity index is 508. The Balaban J connectivity index is 2.32. The van der Waals surface area contributed by atoms with Crippen LogP contribution in [0.1, 0.15) is 19.8 Å². The number of nitrogens with one attached hydrogen (secondary N) is 1. The number of carboxylic acid groups (broad SMARTS) is 1. The molecule has 0 bridgehead atoms. The molecule has 1 fully saturated rings. The molecule has 1 aromatic heterocycles. The Morgan fingerprint density at radius 1 is 1.72 bits per heavy atom. The molecule has 0 aromatic carbocycles. The summed E-state index contributed by atoms with van der Waals surface area (Å²) in [6, 6.07) is 0. The lowest BCUT2D eigenvalue weighted by molar-refractivity contribution is -0.384. The maximum absolute atomic E-state index is 11.3. The SMILES string of the molecule is Cn1cc([N+](=O)[O-])c(NC(C)(C(=O)O)C2CC2)n1. The van der Waals surface area contributed by atoms with Gasteiger partial charge in [-0.25, -0.2) is 4.79 Å². The summed E-state index contributed by atoms with van der Waals surface area (Å²) < 4.78 is 1.29. The number of hydrogen-bond donors (Lipinski definition) is 2. The quantitative estimate of drug-likeness (QED) is 0.599. The van der Waals surface area contributed by atoms with Gasteiger partial charge in [0.05, 0.1) is 4.92 Å². The molecule has 1 atom stereocenters. The fourth-order valence-corrected chi connectivity index (χ4v) is 1.94. The van der Waals surface area contributed by atoms with Gasteiger partial charge >= 0.3 is 11.7 Å². The highest BCUT2D eigenvalue weighted by Gasteiger charge is 2.48. The Morgan fingerprint density at radius 2 is 2.33 bits per heavy atom. The van der Waals surface area contributed by atoms with Gasteiger partial charge in [0.25, 0.3) is 0 Å². The minimum absolute atomic E-state index is 0.000648. The summed E-state index contributed by atoms with van der Waals surface area (Å²) in [6.07, 6.45) is 2.85. The third kappa shape index (κ3) is 2.01. The first-order valence-electron chi connectivity index (χ1n) is 5.54. The molecule has 18 heavy (non-hydrogen) atoms. The summed E-state index contributed by atoms with van der Waals surface area (Å²) in [5.74, 6) is -1.04. The second-order valence-electron chi connectivity index (χ2n) is 4.70. The average Bonchev–Trinajstić information content (AvgIpc) is 3.03. The molecule has 98 valence electrons. The summed E-state index contributed by atoms with van der Waals surface area (Å²) >= 11 is 0. The topological polar surface area (TPSA) is 110 Å². The zero-order chi connectivity index (χ0) is 13.5. The first-order chi connectivity index (χ1) is 8.34. The first-order valence-corrected chi connectivity index (χ1v) is 5.54. The number of hydrogen-bond acceptors (Lipinski definition) is 5. The predicted octanol–water partition coefficient (Wildman–Crippen LogP) is 0.993. The monoisotopic (exact) mass is 254 g/mol. The van der Waals surface area contributed by atoms with Crippen molar-refractivity contribution < 1.29 is 14.8 Å². The Hall–Kier alpha value is -2.12. The first kappa shape index (κ1) is 12.3. The number of aromatic nitrogens is 2. The van der Waals surface area contributed by atoms with Crippen molar-refractivity contribution in [3.05, 3.63) is 16.3 Å². The van der Waals surface area contributed by atoms with E-state index in [-0.39, 0.29) is 17.4 Å². The van der Waals surface area contributed by atoms with Gasteiger partial charge in [-0.1, -0.05) is 0 Å². The Labute approximate surface area is 103 Å². The predicted molar refractivity (Wildman–Crippen MR) is 62.2 cm³/mol. The third-order valence-corrected chi connectivity index (χ3v) is 3.22. The van der Waals surface area contributed by atoms with Crippen LogP contribution in [0.15, 0.2) is 6.20 Å². The largest absolute Gasteiger partial charge is 0.480 e. The van der Waals surface area contributed by atoms with E-state index in [9.17, 15) is 20.0 Å². The van der Waals surface area contributed by atoms with E-state index in [1.165, 1.54) is 17.8 Å². The van der Waals surface area contributed by atoms with E-state index in [4.69, 9.17) is 0 Å². The third-order valence-electron chi connectivity index (χ3n) is 3.22. The van der Waals surface area contributed by atoms with E-state index in [0.29, 0.717) is 0 Å². The Morgan fingerprint density at radius 3 is 2.78 bits per heavy atom. The molecule has 2 rings (SSSR count). The second kappa shape index (κ2) is 3.97. The number of rotatable bonds is 5. The summed E-state index contributed by atoms with van der Waals surface area (Å²) in [4.78, 5) is 21.6. The van der Waals surface area contributed by atoms with E-state index in [0.717, 1.165) is 12.8 Å². The maximum atomic E-state index is 11.3. The molecule has 1 unspecified atom stereocenters. The molecule has 8 heteroatoms. The van der Waals surface area contributed by atoms with Crippen LogP contribution in [0, 0.1) is 16.0 Å². The number of aliphatic carboxylic acids is 1. The van der Waals surface area contributed by atoms with E-state index in [2.05, 4.69) is 10.4 Å². The maximum Gasteiger partial charge on any atom is 0.330 e. The van der Waals surface area contributed by atoms with Crippen molar-refractivity contribution >= 4 is 17.5 Å². The van der Waals surface area contributed by atoms with Gasteiger partial charge < -0.3 is 10.4 Å². The normalized spacial score (nSPS) is 18.1. The van der Waals surface area contributed by atoms with Gasteiger partial charge in [0.2, 0.25) is 5.82 Å². The summed E-state index contributed by atoms with van der Waals surface area (Å²) in [7, 11) is 1.55. The molecular formula is C10H14N4O4. The van der Waals surface area contributed by atoms with Crippen LogP contribution in [0.25, 0.3) is 0 Å². The number of carbonyl (C=O) groups is 1. The van der Waals surface area contributed by atoms with E-state index < -0.39 is 16.4 Å². The number of nitro groups is 1. The van der Waals surface area contributed by atoms with Crippen LogP contribution in [0.3, 0.4) is 0 Å². The van der Waals surface area contributed by atoms with Gasteiger partial charge in [-0.2, -0.15) is 0 Å². The summed E-state index contributed by atoms with van der Waals surface area (Å²) in [6.45, 7) is 1.53. The highest BCUT2D eigenvalue weighted by Crippen LogP contribution is 2.42. The van der Waals surface area contributed by atoms with Crippen molar-refractivity contribution in [2.24, 2.45) is 13.0 Å². The van der Waals surface area contributed by atoms with E-state index in [1.807, 2.05) is 0 Å². The van der Waals surface area contributed by atoms with Crippen molar-refractivity contribution in [1.29, 1.82) is 0 Å². The molecule has 0 aliphatic heterocycles. The van der Waals surface area contributed by atoms with Crippen LogP contribution in [0.2, 0.25) is 0 Å². The van der Waals surface area contributed by atoms with Gasteiger partial charge in [-0.05, 0) is 25.7 Å². The molecule has 0 radical (unpaired) electrons. The van der Waals surface area contributed by atoms with Crippen LogP contribution in [0.4, 0.5) is 11.5 Å². The fraction of sp³-hybridized carbons (Fsp3) is 0.600. The Kier molecular flexibility index (Phi) is 2.72. The summed E-state index contributed by atoms with van der Waals surface area (Å²) in [5.41, 5.74) is -1.43. The van der Waals surface area contributed by atoms with E-state index >= 15 is 0 Å². The standard InChI is InChI=1S/C10H14N4O4/c1-10(9(15)16,6-3-4-6)11-8-7(14(17)18)5-13(2)12-8/h5-6H,3-4H2,1-2H3,(H,11,12)(H,15,16). The molecule has 1 aliphatic rings. The van der Waals surface area contributed by atoms with Crippen molar-refractivity contribution in [3.63, 3.8) is 0 Å². The number of anilines is 1. The van der Waals surface area contributed by atoms with Crippen LogP contribution >= 0.6 is 0 Å². The number of carboxylic acids is 1. The van der Waals surface area contributed by atoms with Crippen molar-refractivity contribution in [3.8, 4) is 0 Å². The lowest BCUT2D eigenvalue weighted by Crippen LogP contribution is -2.45. The molecule has 1 aromatic rings. The molecule has 0 spiro atoms. The highest BCUT2D eigenvalue weighted by molar-refractivity contribution is 5.83. The van der Waals surface area contributed by atoms with Crippen LogP contribution in [0.5, 0.6) is 0 Å². The summed E-state index contributed by atoms with van der Waals surface area (Å²) in [5, 5.41) is 26.7. The molecule has 1 heterocycles. The smallest absolute Gasteiger partial charge is 0.330 e. The zero-order valence-corrected chi connectivity index (χ0v) is 10.1. The number of nitrogens with zero attached hydrogens (tertiary/aromatic N) is 3. The second-order valence-corrected chi connectivity index (χ2v) is 4.70. The van der Waals surface area contributed by atoms with Crippen molar-refractivity contribution in [2.75, 3.05) is 5.32 Å². The molecule has 1 aliphatic carbocycles. The molecule has 8 nitrogen and oxygen atoms in total. The minimum atomic E-state index is -1.21. The van der Waals surface area contributed by atoms with E-state index in [1.54, 1.807) is 7.05 Å². The van der Waals surface area contributed by atoms with Crippen LogP contribution in [-0.2, 0) is 11.8 Å².